The highest BCUT2D eigenvalue weighted by molar-refractivity contribution is 6.32. The van der Waals surface area contributed by atoms with E-state index < -0.39 is 0 Å². The van der Waals surface area contributed by atoms with Crippen LogP contribution < -0.4 is 15.4 Å². The van der Waals surface area contributed by atoms with Gasteiger partial charge < -0.3 is 15.4 Å². The normalized spacial score (nSPS) is 10.3. The number of benzene rings is 2. The number of aromatic nitrogens is 3. The fourth-order valence-corrected chi connectivity index (χ4v) is 2.42. The van der Waals surface area contributed by atoms with Crippen molar-refractivity contribution in [2.24, 2.45) is 0 Å². The van der Waals surface area contributed by atoms with Crippen LogP contribution >= 0.6 is 11.6 Å². The summed E-state index contributed by atoms with van der Waals surface area (Å²) in [6.07, 6.45) is 1.56. The van der Waals surface area contributed by atoms with Crippen LogP contribution in [0.3, 0.4) is 0 Å². The minimum Gasteiger partial charge on any atom is -0.495 e. The van der Waals surface area contributed by atoms with Gasteiger partial charge in [0, 0.05) is 11.4 Å². The molecule has 0 atom stereocenters. The summed E-state index contributed by atoms with van der Waals surface area (Å²) in [6, 6.07) is 13.3. The smallest absolute Gasteiger partial charge is 0.249 e. The lowest BCUT2D eigenvalue weighted by atomic mass is 10.2. The molecule has 6 nitrogen and oxygen atoms in total. The first-order valence-corrected chi connectivity index (χ1v) is 7.66. The third kappa shape index (κ3) is 3.91. The molecule has 0 saturated heterocycles. The molecule has 0 aliphatic heterocycles. The standard InChI is InChI=1S/C17H16ClN5O/c1-11-4-3-5-12(8-11)20-16-10-19-23-17(22-16)21-13-6-7-15(24-2)14(18)9-13/h3-10H,1-2H3,(H2,20,21,22,23). The summed E-state index contributed by atoms with van der Waals surface area (Å²) in [5.41, 5.74) is 2.84. The zero-order valence-corrected chi connectivity index (χ0v) is 14.0. The van der Waals surface area contributed by atoms with Gasteiger partial charge >= 0.3 is 0 Å². The van der Waals surface area contributed by atoms with Gasteiger partial charge in [0.15, 0.2) is 5.82 Å². The fraction of sp³-hybridized carbons (Fsp3) is 0.118. The molecule has 0 spiro atoms. The van der Waals surface area contributed by atoms with E-state index in [-0.39, 0.29) is 0 Å². The van der Waals surface area contributed by atoms with E-state index in [0.29, 0.717) is 22.5 Å². The van der Waals surface area contributed by atoms with Gasteiger partial charge in [0.2, 0.25) is 5.95 Å². The first-order valence-electron chi connectivity index (χ1n) is 7.28. The van der Waals surface area contributed by atoms with Crippen LogP contribution in [0.5, 0.6) is 5.75 Å². The predicted octanol–water partition coefficient (Wildman–Crippen LogP) is 4.33. The van der Waals surface area contributed by atoms with Crippen LogP contribution in [0.25, 0.3) is 0 Å². The molecule has 1 heterocycles. The molecule has 7 heteroatoms. The summed E-state index contributed by atoms with van der Waals surface area (Å²) in [5.74, 6) is 1.57. The number of ether oxygens (including phenoxy) is 1. The second-order valence-corrected chi connectivity index (χ2v) is 5.54. The van der Waals surface area contributed by atoms with Crippen LogP contribution in [0.15, 0.2) is 48.7 Å². The highest BCUT2D eigenvalue weighted by Gasteiger charge is 2.05. The second-order valence-electron chi connectivity index (χ2n) is 5.13. The third-order valence-corrected chi connectivity index (χ3v) is 3.55. The maximum atomic E-state index is 6.12. The Bertz CT molecular complexity index is 856. The molecule has 0 bridgehead atoms. The number of hydrogen-bond acceptors (Lipinski definition) is 6. The maximum Gasteiger partial charge on any atom is 0.249 e. The number of methoxy groups -OCH3 is 1. The molecule has 0 aliphatic rings. The van der Waals surface area contributed by atoms with Crippen LogP contribution in [0.2, 0.25) is 5.02 Å². The zero-order valence-electron chi connectivity index (χ0n) is 13.2. The SMILES string of the molecule is COc1ccc(Nc2nncc(Nc3cccc(C)c3)n2)cc1Cl. The molecular weight excluding hydrogens is 326 g/mol. The highest BCUT2D eigenvalue weighted by Crippen LogP contribution is 2.28. The van der Waals surface area contributed by atoms with Gasteiger partial charge in [-0.25, -0.2) is 0 Å². The Morgan fingerprint density at radius 2 is 1.88 bits per heavy atom. The van der Waals surface area contributed by atoms with Gasteiger partial charge in [-0.2, -0.15) is 10.1 Å². The van der Waals surface area contributed by atoms with E-state index in [4.69, 9.17) is 16.3 Å². The minimum atomic E-state index is 0.369. The van der Waals surface area contributed by atoms with Gasteiger partial charge in [-0.15, -0.1) is 5.10 Å². The first kappa shape index (κ1) is 16.0. The quantitative estimate of drug-likeness (QED) is 0.719. The molecule has 0 unspecified atom stereocenters. The van der Waals surface area contributed by atoms with Crippen molar-refractivity contribution in [1.82, 2.24) is 15.2 Å². The molecule has 24 heavy (non-hydrogen) atoms. The molecule has 0 radical (unpaired) electrons. The van der Waals surface area contributed by atoms with Crippen molar-refractivity contribution in [3.05, 3.63) is 59.2 Å². The van der Waals surface area contributed by atoms with Gasteiger partial charge in [-0.05, 0) is 42.8 Å². The van der Waals surface area contributed by atoms with Gasteiger partial charge in [-0.3, -0.25) is 0 Å². The molecule has 2 aromatic carbocycles. The minimum absolute atomic E-state index is 0.369. The zero-order chi connectivity index (χ0) is 16.9. The molecule has 0 aliphatic carbocycles. The van der Waals surface area contributed by atoms with Crippen LogP contribution in [0, 0.1) is 6.92 Å². The molecule has 2 N–H and O–H groups in total. The van der Waals surface area contributed by atoms with E-state index in [1.165, 1.54) is 0 Å². The van der Waals surface area contributed by atoms with Crippen molar-refractivity contribution in [2.45, 2.75) is 6.92 Å². The van der Waals surface area contributed by atoms with Crippen molar-refractivity contribution in [3.63, 3.8) is 0 Å². The third-order valence-electron chi connectivity index (χ3n) is 3.26. The van der Waals surface area contributed by atoms with Crippen molar-refractivity contribution >= 4 is 34.7 Å². The lowest BCUT2D eigenvalue weighted by molar-refractivity contribution is 0.415. The molecule has 0 saturated carbocycles. The van der Waals surface area contributed by atoms with E-state index >= 15 is 0 Å². The summed E-state index contributed by atoms with van der Waals surface area (Å²) in [5, 5.41) is 14.7. The number of anilines is 4. The molecule has 122 valence electrons. The summed E-state index contributed by atoms with van der Waals surface area (Å²) >= 11 is 6.12. The number of halogens is 1. The summed E-state index contributed by atoms with van der Waals surface area (Å²) in [7, 11) is 1.57. The highest BCUT2D eigenvalue weighted by atomic mass is 35.5. The molecule has 3 aromatic rings. The van der Waals surface area contributed by atoms with Crippen molar-refractivity contribution in [2.75, 3.05) is 17.7 Å². The topological polar surface area (TPSA) is 72.0 Å². The predicted molar refractivity (Wildman–Crippen MR) is 95.6 cm³/mol. The Balaban J connectivity index is 1.76. The molecule has 1 aromatic heterocycles. The Kier molecular flexibility index (Phi) is 4.77. The first-order chi connectivity index (χ1) is 11.6. The number of nitrogens with zero attached hydrogens (tertiary/aromatic N) is 3. The molecule has 0 amide bonds. The molecular formula is C17H16ClN5O. The van der Waals surface area contributed by atoms with Crippen LogP contribution in [0.1, 0.15) is 5.56 Å². The van der Waals surface area contributed by atoms with Crippen LogP contribution in [0.4, 0.5) is 23.1 Å². The lowest BCUT2D eigenvalue weighted by Gasteiger charge is -2.09. The van der Waals surface area contributed by atoms with Crippen molar-refractivity contribution < 1.29 is 4.74 Å². The Hall–Kier alpha value is -2.86. The second kappa shape index (κ2) is 7.14. The lowest BCUT2D eigenvalue weighted by Crippen LogP contribution is -2.02. The average Bonchev–Trinajstić information content (AvgIpc) is 2.55. The van der Waals surface area contributed by atoms with Crippen molar-refractivity contribution in [1.29, 1.82) is 0 Å². The summed E-state index contributed by atoms with van der Waals surface area (Å²) in [6.45, 7) is 2.03. The van der Waals surface area contributed by atoms with E-state index in [2.05, 4.69) is 25.8 Å². The molecule has 3 rings (SSSR count). The fourth-order valence-electron chi connectivity index (χ4n) is 2.16. The Labute approximate surface area is 144 Å². The largest absolute Gasteiger partial charge is 0.495 e. The van der Waals surface area contributed by atoms with Crippen LogP contribution in [-0.2, 0) is 0 Å². The number of nitrogens with one attached hydrogen (secondary N) is 2. The van der Waals surface area contributed by atoms with Gasteiger partial charge in [0.1, 0.15) is 5.75 Å². The van der Waals surface area contributed by atoms with E-state index in [1.54, 1.807) is 25.4 Å². The van der Waals surface area contributed by atoms with Gasteiger partial charge in [0.25, 0.3) is 0 Å². The van der Waals surface area contributed by atoms with Gasteiger partial charge in [0.05, 0.1) is 18.3 Å². The summed E-state index contributed by atoms with van der Waals surface area (Å²) in [4.78, 5) is 4.40. The van der Waals surface area contributed by atoms with Crippen molar-refractivity contribution in [3.8, 4) is 5.75 Å². The number of aryl methyl sites for hydroxylation is 1. The number of rotatable bonds is 5. The van der Waals surface area contributed by atoms with E-state index in [1.807, 2.05) is 37.3 Å². The molecule has 0 fully saturated rings. The maximum absolute atomic E-state index is 6.12. The number of hydrogen-bond donors (Lipinski definition) is 2. The summed E-state index contributed by atoms with van der Waals surface area (Å²) < 4.78 is 5.13. The Morgan fingerprint density at radius 3 is 2.62 bits per heavy atom. The van der Waals surface area contributed by atoms with Gasteiger partial charge in [-0.1, -0.05) is 23.7 Å². The van der Waals surface area contributed by atoms with E-state index in [9.17, 15) is 0 Å². The van der Waals surface area contributed by atoms with Crippen LogP contribution in [-0.4, -0.2) is 22.3 Å². The Morgan fingerprint density at radius 1 is 1.04 bits per heavy atom. The monoisotopic (exact) mass is 341 g/mol. The average molecular weight is 342 g/mol. The van der Waals surface area contributed by atoms with E-state index in [0.717, 1.165) is 16.9 Å².